The molecule has 2 heterocycles. The van der Waals surface area contributed by atoms with Gasteiger partial charge in [0.2, 0.25) is 0 Å². The van der Waals surface area contributed by atoms with Crippen molar-refractivity contribution in [2.24, 2.45) is 0 Å². The van der Waals surface area contributed by atoms with Crippen molar-refractivity contribution in [2.45, 2.75) is 45.3 Å². The number of halogens is 1. The summed E-state index contributed by atoms with van der Waals surface area (Å²) < 4.78 is 6.23. The number of hydrogen-bond donors (Lipinski definition) is 1. The molecule has 5 nitrogen and oxygen atoms in total. The van der Waals surface area contributed by atoms with E-state index in [-0.39, 0.29) is 12.1 Å². The van der Waals surface area contributed by atoms with Gasteiger partial charge in [0.1, 0.15) is 11.4 Å². The molecule has 2 rings (SSSR count). The van der Waals surface area contributed by atoms with Crippen molar-refractivity contribution in [3.8, 4) is 0 Å². The van der Waals surface area contributed by atoms with Gasteiger partial charge in [-0.1, -0.05) is 0 Å². The Morgan fingerprint density at radius 3 is 2.90 bits per heavy atom. The van der Waals surface area contributed by atoms with Gasteiger partial charge in [0.15, 0.2) is 0 Å². The lowest BCUT2D eigenvalue weighted by Crippen LogP contribution is -2.42. The Labute approximate surface area is 134 Å². The molecule has 1 N–H and O–H groups in total. The van der Waals surface area contributed by atoms with Crippen LogP contribution in [0.25, 0.3) is 0 Å². The molecule has 21 heavy (non-hydrogen) atoms. The van der Waals surface area contributed by atoms with E-state index in [4.69, 9.17) is 4.74 Å². The molecule has 6 heteroatoms. The molecule has 1 amide bonds. The van der Waals surface area contributed by atoms with Crippen LogP contribution in [0.3, 0.4) is 0 Å². The van der Waals surface area contributed by atoms with Crippen LogP contribution in [0, 0.1) is 0 Å². The van der Waals surface area contributed by atoms with Crippen molar-refractivity contribution in [3.63, 3.8) is 0 Å². The molecule has 0 spiro atoms. The Bertz CT molecular complexity index is 485. The van der Waals surface area contributed by atoms with Crippen LogP contribution < -0.4 is 10.2 Å². The maximum atomic E-state index is 11.7. The van der Waals surface area contributed by atoms with Crippen molar-refractivity contribution < 1.29 is 9.53 Å². The van der Waals surface area contributed by atoms with Crippen molar-refractivity contribution in [2.75, 3.05) is 18.0 Å². The van der Waals surface area contributed by atoms with Gasteiger partial charge in [-0.25, -0.2) is 9.78 Å². The van der Waals surface area contributed by atoms with Crippen LogP contribution in [0.1, 0.15) is 33.6 Å². The number of carbonyl (C=O) groups excluding carboxylic acids is 1. The summed E-state index contributed by atoms with van der Waals surface area (Å²) in [6, 6.07) is 4.25. The van der Waals surface area contributed by atoms with Crippen molar-refractivity contribution in [1.29, 1.82) is 0 Å². The van der Waals surface area contributed by atoms with E-state index in [1.54, 1.807) is 6.20 Å². The van der Waals surface area contributed by atoms with Crippen LogP contribution >= 0.6 is 15.9 Å². The van der Waals surface area contributed by atoms with Crippen LogP contribution in [0.15, 0.2) is 22.8 Å². The predicted molar refractivity (Wildman–Crippen MR) is 86.5 cm³/mol. The third-order valence-corrected chi connectivity index (χ3v) is 3.73. The van der Waals surface area contributed by atoms with Crippen molar-refractivity contribution in [3.05, 3.63) is 22.8 Å². The normalized spacial score (nSPS) is 18.7. The summed E-state index contributed by atoms with van der Waals surface area (Å²) in [7, 11) is 0. The quantitative estimate of drug-likeness (QED) is 0.903. The Hall–Kier alpha value is -1.30. The molecule has 0 unspecified atom stereocenters. The SMILES string of the molecule is CC(C)(C)OC(=O)NC[C@H]1CCCN1c1ccc(Br)cn1. The van der Waals surface area contributed by atoms with Gasteiger partial charge >= 0.3 is 6.09 Å². The lowest BCUT2D eigenvalue weighted by molar-refractivity contribution is 0.0525. The molecule has 1 fully saturated rings. The van der Waals surface area contributed by atoms with Crippen molar-refractivity contribution >= 4 is 27.8 Å². The molecule has 0 saturated carbocycles. The van der Waals surface area contributed by atoms with E-state index < -0.39 is 5.60 Å². The highest BCUT2D eigenvalue weighted by Crippen LogP contribution is 2.24. The van der Waals surface area contributed by atoms with Gasteiger partial charge in [0.25, 0.3) is 0 Å². The highest BCUT2D eigenvalue weighted by atomic mass is 79.9. The second-order valence-electron chi connectivity index (χ2n) is 6.21. The maximum Gasteiger partial charge on any atom is 0.407 e. The van der Waals surface area contributed by atoms with Crippen molar-refractivity contribution in [1.82, 2.24) is 10.3 Å². The van der Waals surface area contributed by atoms with E-state index >= 15 is 0 Å². The second kappa shape index (κ2) is 6.64. The molecule has 1 aliphatic rings. The number of carbonyl (C=O) groups is 1. The average molecular weight is 356 g/mol. The van der Waals surface area contributed by atoms with E-state index in [1.165, 1.54) is 0 Å². The summed E-state index contributed by atoms with van der Waals surface area (Å²) in [5.41, 5.74) is -0.466. The van der Waals surface area contributed by atoms with Crippen LogP contribution in [0.5, 0.6) is 0 Å². The molecular weight excluding hydrogens is 334 g/mol. The first-order chi connectivity index (χ1) is 9.85. The molecule has 0 aromatic carbocycles. The molecule has 1 aliphatic heterocycles. The highest BCUT2D eigenvalue weighted by Gasteiger charge is 2.26. The number of anilines is 1. The molecule has 1 aromatic heterocycles. The predicted octanol–water partition coefficient (Wildman–Crippen LogP) is 3.34. The number of nitrogens with zero attached hydrogens (tertiary/aromatic N) is 2. The Kier molecular flexibility index (Phi) is 5.08. The smallest absolute Gasteiger partial charge is 0.407 e. The van der Waals surface area contributed by atoms with Gasteiger partial charge in [-0.15, -0.1) is 0 Å². The van der Waals surface area contributed by atoms with Crippen LogP contribution in [-0.2, 0) is 4.74 Å². The highest BCUT2D eigenvalue weighted by molar-refractivity contribution is 9.10. The second-order valence-corrected chi connectivity index (χ2v) is 7.12. The summed E-state index contributed by atoms with van der Waals surface area (Å²) in [6.07, 6.45) is 3.59. The van der Waals surface area contributed by atoms with E-state index in [9.17, 15) is 4.79 Å². The summed E-state index contributed by atoms with van der Waals surface area (Å²) >= 11 is 3.39. The Balaban J connectivity index is 1.90. The molecule has 1 atom stereocenters. The number of nitrogens with one attached hydrogen (secondary N) is 1. The molecule has 0 aliphatic carbocycles. The fourth-order valence-electron chi connectivity index (χ4n) is 2.40. The number of pyridine rings is 1. The average Bonchev–Trinajstić information content (AvgIpc) is 2.83. The zero-order chi connectivity index (χ0) is 15.5. The monoisotopic (exact) mass is 355 g/mol. The maximum absolute atomic E-state index is 11.7. The first kappa shape index (κ1) is 16.1. The van der Waals surface area contributed by atoms with E-state index in [0.29, 0.717) is 6.54 Å². The van der Waals surface area contributed by atoms with Gasteiger partial charge in [-0.3, -0.25) is 0 Å². The minimum Gasteiger partial charge on any atom is -0.444 e. The number of hydrogen-bond acceptors (Lipinski definition) is 4. The fourth-order valence-corrected chi connectivity index (χ4v) is 2.64. The summed E-state index contributed by atoms with van der Waals surface area (Å²) in [5, 5.41) is 2.85. The fraction of sp³-hybridized carbons (Fsp3) is 0.600. The van der Waals surface area contributed by atoms with Crippen LogP contribution in [-0.4, -0.2) is 35.8 Å². The number of amides is 1. The number of alkyl carbamates (subject to hydrolysis) is 1. The Morgan fingerprint density at radius 2 is 2.29 bits per heavy atom. The molecule has 0 radical (unpaired) electrons. The zero-order valence-electron chi connectivity index (χ0n) is 12.7. The van der Waals surface area contributed by atoms with Gasteiger partial charge in [0, 0.05) is 29.8 Å². The standard InChI is InChI=1S/C15H22BrN3O2/c1-15(2,3)21-14(20)18-10-12-5-4-8-19(12)13-7-6-11(16)9-17-13/h6-7,9,12H,4-5,8,10H2,1-3H3,(H,18,20)/t12-/m1/s1. The number of ether oxygens (including phenoxy) is 1. The van der Waals surface area contributed by atoms with Crippen LogP contribution in [0.4, 0.5) is 10.6 Å². The number of aromatic nitrogens is 1. The van der Waals surface area contributed by atoms with Crippen LogP contribution in [0.2, 0.25) is 0 Å². The summed E-state index contributed by atoms with van der Waals surface area (Å²) in [4.78, 5) is 18.4. The first-order valence-electron chi connectivity index (χ1n) is 7.20. The zero-order valence-corrected chi connectivity index (χ0v) is 14.3. The lowest BCUT2D eigenvalue weighted by Gasteiger charge is -2.26. The lowest BCUT2D eigenvalue weighted by atomic mass is 10.2. The largest absolute Gasteiger partial charge is 0.444 e. The van der Waals surface area contributed by atoms with E-state index in [1.807, 2.05) is 32.9 Å². The minimum atomic E-state index is -0.466. The summed E-state index contributed by atoms with van der Waals surface area (Å²) in [6.45, 7) is 7.13. The summed E-state index contributed by atoms with van der Waals surface area (Å²) in [5.74, 6) is 0.951. The third kappa shape index (κ3) is 4.88. The molecule has 116 valence electrons. The third-order valence-electron chi connectivity index (χ3n) is 3.26. The van der Waals surface area contributed by atoms with E-state index in [0.717, 1.165) is 29.7 Å². The van der Waals surface area contributed by atoms with E-state index in [2.05, 4.69) is 31.1 Å². The molecule has 1 aromatic rings. The van der Waals surface area contributed by atoms with Gasteiger partial charge < -0.3 is 15.0 Å². The topological polar surface area (TPSA) is 54.5 Å². The van der Waals surface area contributed by atoms with Gasteiger partial charge in [-0.05, 0) is 61.7 Å². The van der Waals surface area contributed by atoms with Gasteiger partial charge in [-0.2, -0.15) is 0 Å². The molecule has 1 saturated heterocycles. The molecular formula is C15H22BrN3O2. The van der Waals surface area contributed by atoms with Gasteiger partial charge in [0.05, 0.1) is 0 Å². The molecule has 0 bridgehead atoms. The minimum absolute atomic E-state index is 0.270. The number of rotatable bonds is 3. The Morgan fingerprint density at radius 1 is 1.52 bits per heavy atom. The first-order valence-corrected chi connectivity index (χ1v) is 7.99.